The summed E-state index contributed by atoms with van der Waals surface area (Å²) in [5.41, 5.74) is 4.56. The molecule has 0 aliphatic rings. The molecule has 0 aromatic carbocycles. The Bertz CT molecular complexity index is 844. The number of carboxylic acid groups (broad SMARTS) is 1. The third-order valence-corrected chi connectivity index (χ3v) is 3.25. The van der Waals surface area contributed by atoms with Gasteiger partial charge in [0.25, 0.3) is 11.5 Å². The minimum absolute atomic E-state index is 0.0218. The number of nitrogens with one attached hydrogen (secondary N) is 2. The van der Waals surface area contributed by atoms with Gasteiger partial charge >= 0.3 is 11.9 Å². The Morgan fingerprint density at radius 2 is 2.15 bits per heavy atom. The summed E-state index contributed by atoms with van der Waals surface area (Å²) in [6, 6.07) is 6.04. The minimum Gasteiger partial charge on any atom is -0.479 e. The second-order valence-corrected chi connectivity index (χ2v) is 5.10. The molecule has 2 aromatic heterocycles. The first-order chi connectivity index (χ1) is 12.4. The number of aromatic nitrogens is 3. The number of ether oxygens (including phenoxy) is 1. The molecule has 26 heavy (non-hydrogen) atoms. The van der Waals surface area contributed by atoms with Crippen LogP contribution in [0.25, 0.3) is 5.82 Å². The Balaban J connectivity index is 1.97. The van der Waals surface area contributed by atoms with Gasteiger partial charge in [0, 0.05) is 25.2 Å². The average molecular weight is 363 g/mol. The molecule has 0 aliphatic heterocycles. The topological polar surface area (TPSA) is 169 Å². The van der Waals surface area contributed by atoms with Crippen molar-refractivity contribution in [3.05, 3.63) is 46.5 Å². The molecule has 11 nitrogen and oxygen atoms in total. The van der Waals surface area contributed by atoms with E-state index in [2.05, 4.69) is 20.1 Å². The number of hydrogen-bond donors (Lipinski definition) is 4. The van der Waals surface area contributed by atoms with Crippen LogP contribution in [-0.4, -0.2) is 56.9 Å². The molecule has 0 fully saturated rings. The van der Waals surface area contributed by atoms with Gasteiger partial charge in [0.2, 0.25) is 0 Å². The van der Waals surface area contributed by atoms with E-state index in [1.165, 1.54) is 6.20 Å². The summed E-state index contributed by atoms with van der Waals surface area (Å²) in [7, 11) is 0. The van der Waals surface area contributed by atoms with Crippen molar-refractivity contribution in [1.29, 1.82) is 0 Å². The normalized spacial score (nSPS) is 11.6. The monoisotopic (exact) mass is 363 g/mol. The molecule has 0 spiro atoms. The molecule has 0 saturated heterocycles. The number of carbonyl (C=O) groups excluding carboxylic acids is 2. The van der Waals surface area contributed by atoms with Crippen LogP contribution in [0, 0.1) is 0 Å². The zero-order chi connectivity index (χ0) is 19.1. The summed E-state index contributed by atoms with van der Waals surface area (Å²) in [5.74, 6) is -2.52. The number of H-pyrrole nitrogens is 1. The highest BCUT2D eigenvalue weighted by Crippen LogP contribution is 2.01. The van der Waals surface area contributed by atoms with Gasteiger partial charge in [-0.2, -0.15) is 0 Å². The van der Waals surface area contributed by atoms with Gasteiger partial charge in [-0.15, -0.1) is 0 Å². The fourth-order valence-electron chi connectivity index (χ4n) is 2.02. The number of hydrogen-bond acceptors (Lipinski definition) is 7. The van der Waals surface area contributed by atoms with E-state index in [0.29, 0.717) is 5.82 Å². The Labute approximate surface area is 146 Å². The summed E-state index contributed by atoms with van der Waals surface area (Å²) in [5, 5.41) is 14.0. The molecule has 0 bridgehead atoms. The maximum Gasteiger partial charge on any atom is 0.345 e. The lowest BCUT2D eigenvalue weighted by molar-refractivity contribution is -0.163. The zero-order valence-corrected chi connectivity index (χ0v) is 13.5. The molecule has 1 unspecified atom stereocenters. The van der Waals surface area contributed by atoms with Crippen molar-refractivity contribution >= 4 is 17.8 Å². The third kappa shape index (κ3) is 4.77. The fraction of sp³-hybridized carbons (Fsp3) is 0.267. The first-order valence-corrected chi connectivity index (χ1v) is 7.56. The molecular weight excluding hydrogens is 346 g/mol. The largest absolute Gasteiger partial charge is 0.479 e. The van der Waals surface area contributed by atoms with Crippen LogP contribution >= 0.6 is 0 Å². The highest BCUT2D eigenvalue weighted by atomic mass is 16.6. The Hall–Kier alpha value is -3.47. The standard InChI is InChI=1S/C15H17N5O6/c16-8-13(22)26-10(15(24)25)4-6-18-14(23)9-7-12(21)20(19-9)11-3-1-2-5-17-11/h1-3,5,7,10,19H,4,6,8,16H2,(H,18,23)(H,24,25). The lowest BCUT2D eigenvalue weighted by Crippen LogP contribution is -2.34. The van der Waals surface area contributed by atoms with Crippen LogP contribution in [0.3, 0.4) is 0 Å². The average Bonchev–Trinajstić information content (AvgIpc) is 3.03. The molecular formula is C15H17N5O6. The Morgan fingerprint density at radius 1 is 1.38 bits per heavy atom. The number of nitrogens with zero attached hydrogens (tertiary/aromatic N) is 2. The van der Waals surface area contributed by atoms with Crippen molar-refractivity contribution in [3.8, 4) is 5.82 Å². The predicted octanol–water partition coefficient (Wildman–Crippen LogP) is -1.36. The van der Waals surface area contributed by atoms with E-state index in [9.17, 15) is 19.2 Å². The van der Waals surface area contributed by atoms with Crippen molar-refractivity contribution < 1.29 is 24.2 Å². The molecule has 1 atom stereocenters. The summed E-state index contributed by atoms with van der Waals surface area (Å²) in [6.07, 6.45) is -0.0850. The second-order valence-electron chi connectivity index (χ2n) is 5.10. The number of nitrogens with two attached hydrogens (primary N) is 1. The number of amides is 1. The van der Waals surface area contributed by atoms with Crippen LogP contribution < -0.4 is 16.6 Å². The van der Waals surface area contributed by atoms with Crippen molar-refractivity contribution in [2.75, 3.05) is 13.1 Å². The van der Waals surface area contributed by atoms with Crippen LogP contribution in [0.2, 0.25) is 0 Å². The van der Waals surface area contributed by atoms with E-state index in [0.717, 1.165) is 10.7 Å². The fourth-order valence-corrected chi connectivity index (χ4v) is 2.02. The summed E-state index contributed by atoms with van der Waals surface area (Å²) >= 11 is 0. The van der Waals surface area contributed by atoms with E-state index in [-0.39, 0.29) is 18.7 Å². The van der Waals surface area contributed by atoms with Crippen LogP contribution in [0.4, 0.5) is 0 Å². The number of aliphatic carboxylic acids is 1. The lowest BCUT2D eigenvalue weighted by atomic mass is 10.2. The van der Waals surface area contributed by atoms with Gasteiger partial charge in [-0.25, -0.2) is 14.5 Å². The number of pyridine rings is 1. The molecule has 5 N–H and O–H groups in total. The van der Waals surface area contributed by atoms with Crippen molar-refractivity contribution in [1.82, 2.24) is 20.1 Å². The Morgan fingerprint density at radius 3 is 2.77 bits per heavy atom. The smallest absolute Gasteiger partial charge is 0.345 e. The first-order valence-electron chi connectivity index (χ1n) is 7.56. The second kappa shape index (κ2) is 8.58. The quantitative estimate of drug-likeness (QED) is 0.416. The maximum atomic E-state index is 12.1. The van der Waals surface area contributed by atoms with Crippen LogP contribution in [0.5, 0.6) is 0 Å². The zero-order valence-electron chi connectivity index (χ0n) is 13.5. The van der Waals surface area contributed by atoms with Gasteiger partial charge in [0.15, 0.2) is 11.9 Å². The van der Waals surface area contributed by atoms with E-state index in [4.69, 9.17) is 10.8 Å². The molecule has 0 saturated carbocycles. The van der Waals surface area contributed by atoms with Gasteiger partial charge in [-0.1, -0.05) is 6.07 Å². The molecule has 0 aliphatic carbocycles. The number of esters is 1. The van der Waals surface area contributed by atoms with Gasteiger partial charge in [-0.3, -0.25) is 19.5 Å². The molecule has 1 amide bonds. The van der Waals surface area contributed by atoms with Gasteiger partial charge in [0.1, 0.15) is 5.69 Å². The van der Waals surface area contributed by atoms with E-state index in [1.807, 2.05) is 0 Å². The molecule has 0 radical (unpaired) electrons. The third-order valence-electron chi connectivity index (χ3n) is 3.25. The summed E-state index contributed by atoms with van der Waals surface area (Å²) < 4.78 is 5.74. The van der Waals surface area contributed by atoms with Gasteiger partial charge < -0.3 is 20.9 Å². The van der Waals surface area contributed by atoms with Gasteiger partial charge in [0.05, 0.1) is 6.54 Å². The molecule has 2 rings (SSSR count). The van der Waals surface area contributed by atoms with Crippen molar-refractivity contribution in [2.24, 2.45) is 5.73 Å². The SMILES string of the molecule is NCC(=O)OC(CCNC(=O)c1cc(=O)n(-c2ccccn2)[nH]1)C(=O)O. The summed E-state index contributed by atoms with van der Waals surface area (Å²) in [4.78, 5) is 50.1. The molecule has 2 aromatic rings. The number of rotatable bonds is 8. The first kappa shape index (κ1) is 18.9. The predicted molar refractivity (Wildman–Crippen MR) is 87.7 cm³/mol. The lowest BCUT2D eigenvalue weighted by Gasteiger charge is -2.13. The molecule has 138 valence electrons. The van der Waals surface area contributed by atoms with E-state index < -0.39 is 36.1 Å². The Kier molecular flexibility index (Phi) is 6.22. The summed E-state index contributed by atoms with van der Waals surface area (Å²) in [6.45, 7) is -0.539. The van der Waals surface area contributed by atoms with Gasteiger partial charge in [-0.05, 0) is 12.1 Å². The maximum absolute atomic E-state index is 12.1. The van der Waals surface area contributed by atoms with Crippen LogP contribution in [0.15, 0.2) is 35.3 Å². The van der Waals surface area contributed by atoms with E-state index in [1.54, 1.807) is 18.2 Å². The van der Waals surface area contributed by atoms with Crippen LogP contribution in [-0.2, 0) is 14.3 Å². The molecule has 11 heteroatoms. The highest BCUT2D eigenvalue weighted by Gasteiger charge is 2.22. The van der Waals surface area contributed by atoms with E-state index >= 15 is 0 Å². The number of carboxylic acids is 1. The number of aromatic amines is 1. The molecule has 2 heterocycles. The van der Waals surface area contributed by atoms with Crippen molar-refractivity contribution in [2.45, 2.75) is 12.5 Å². The highest BCUT2D eigenvalue weighted by molar-refractivity contribution is 5.92. The van der Waals surface area contributed by atoms with Crippen molar-refractivity contribution in [3.63, 3.8) is 0 Å². The minimum atomic E-state index is -1.43. The number of carbonyl (C=O) groups is 3. The van der Waals surface area contributed by atoms with Crippen LogP contribution in [0.1, 0.15) is 16.9 Å².